The van der Waals surface area contributed by atoms with Crippen molar-refractivity contribution in [1.82, 2.24) is 9.62 Å². The summed E-state index contributed by atoms with van der Waals surface area (Å²) in [7, 11) is -3.83. The molecule has 0 unspecified atom stereocenters. The molecule has 0 amide bonds. The van der Waals surface area contributed by atoms with Crippen LogP contribution in [-0.2, 0) is 10.0 Å². The van der Waals surface area contributed by atoms with Gasteiger partial charge in [-0.1, -0.05) is 6.07 Å². The van der Waals surface area contributed by atoms with E-state index in [0.29, 0.717) is 6.54 Å². The molecule has 118 valence electrons. The van der Waals surface area contributed by atoms with E-state index in [9.17, 15) is 21.6 Å². The number of benzene rings is 1. The summed E-state index contributed by atoms with van der Waals surface area (Å²) in [6, 6.07) is 4.41. The van der Waals surface area contributed by atoms with E-state index >= 15 is 0 Å². The highest BCUT2D eigenvalue weighted by atomic mass is 32.2. The van der Waals surface area contributed by atoms with Gasteiger partial charge in [0.1, 0.15) is 5.75 Å². The highest BCUT2D eigenvalue weighted by molar-refractivity contribution is 7.89. The summed E-state index contributed by atoms with van der Waals surface area (Å²) in [6.07, 6.45) is -4.86. The molecule has 5 nitrogen and oxygen atoms in total. The number of nitrogens with zero attached hydrogens (tertiary/aromatic N) is 1. The fraction of sp³-hybridized carbons (Fsp3) is 0.500. The van der Waals surface area contributed by atoms with Gasteiger partial charge < -0.3 is 10.1 Å². The Balaban J connectivity index is 2.26. The van der Waals surface area contributed by atoms with E-state index < -0.39 is 22.1 Å². The molecule has 2 rings (SSSR count). The van der Waals surface area contributed by atoms with Gasteiger partial charge in [-0.2, -0.15) is 4.31 Å². The Hall–Kier alpha value is -1.32. The maximum absolute atomic E-state index is 12.4. The molecular weight excluding hydrogens is 309 g/mol. The molecule has 9 heteroatoms. The summed E-state index contributed by atoms with van der Waals surface area (Å²) in [5.41, 5.74) is 0. The third-order valence-corrected chi connectivity index (χ3v) is 4.87. The van der Waals surface area contributed by atoms with E-state index in [2.05, 4.69) is 10.1 Å². The van der Waals surface area contributed by atoms with Crippen LogP contribution in [0.2, 0.25) is 0 Å². The van der Waals surface area contributed by atoms with Crippen molar-refractivity contribution in [1.29, 1.82) is 0 Å². The van der Waals surface area contributed by atoms with Crippen molar-refractivity contribution in [3.05, 3.63) is 24.3 Å². The van der Waals surface area contributed by atoms with Crippen molar-refractivity contribution in [2.24, 2.45) is 0 Å². The SMILES string of the molecule is C[C@H]1CN(S(=O)(=O)c2cccc(OC(F)(F)F)c2)CCN1. The van der Waals surface area contributed by atoms with Crippen molar-refractivity contribution >= 4 is 10.0 Å². The van der Waals surface area contributed by atoms with Crippen LogP contribution in [0.15, 0.2) is 29.2 Å². The third-order valence-electron chi connectivity index (χ3n) is 3.01. The smallest absolute Gasteiger partial charge is 0.406 e. The molecule has 1 aliphatic heterocycles. The maximum atomic E-state index is 12.4. The minimum absolute atomic E-state index is 0.0110. The fourth-order valence-electron chi connectivity index (χ4n) is 2.10. The van der Waals surface area contributed by atoms with Crippen LogP contribution in [0.4, 0.5) is 13.2 Å². The van der Waals surface area contributed by atoms with Gasteiger partial charge in [0.2, 0.25) is 10.0 Å². The summed E-state index contributed by atoms with van der Waals surface area (Å²) in [6.45, 7) is 2.88. The average Bonchev–Trinajstić information content (AvgIpc) is 2.37. The fourth-order valence-corrected chi connectivity index (χ4v) is 3.66. The molecule has 1 N–H and O–H groups in total. The van der Waals surface area contributed by atoms with Crippen LogP contribution < -0.4 is 10.1 Å². The van der Waals surface area contributed by atoms with Crippen molar-refractivity contribution in [3.8, 4) is 5.75 Å². The zero-order valence-corrected chi connectivity index (χ0v) is 12.0. The predicted molar refractivity (Wildman–Crippen MR) is 69.3 cm³/mol. The standard InChI is InChI=1S/C12H15F3N2O3S/c1-9-8-17(6-5-16-9)21(18,19)11-4-2-3-10(7-11)20-12(13,14)15/h2-4,7,9,16H,5-6,8H2,1H3/t9-/m0/s1. The van der Waals surface area contributed by atoms with Crippen molar-refractivity contribution in [2.45, 2.75) is 24.2 Å². The predicted octanol–water partition coefficient (Wildman–Crippen LogP) is 1.57. The van der Waals surface area contributed by atoms with Gasteiger partial charge in [0.15, 0.2) is 0 Å². The minimum Gasteiger partial charge on any atom is -0.406 e. The second-order valence-corrected chi connectivity index (χ2v) is 6.68. The van der Waals surface area contributed by atoms with Gasteiger partial charge >= 0.3 is 6.36 Å². The van der Waals surface area contributed by atoms with Crippen LogP contribution in [0.25, 0.3) is 0 Å². The molecule has 0 saturated carbocycles. The molecule has 1 aliphatic rings. The number of hydrogen-bond acceptors (Lipinski definition) is 4. The van der Waals surface area contributed by atoms with Gasteiger partial charge in [-0.05, 0) is 19.1 Å². The van der Waals surface area contributed by atoms with E-state index in [1.54, 1.807) is 0 Å². The lowest BCUT2D eigenvalue weighted by molar-refractivity contribution is -0.274. The van der Waals surface area contributed by atoms with Crippen molar-refractivity contribution in [2.75, 3.05) is 19.6 Å². The average molecular weight is 324 g/mol. The summed E-state index contributed by atoms with van der Waals surface area (Å²) in [5.74, 6) is -0.549. The minimum atomic E-state index is -4.86. The van der Waals surface area contributed by atoms with Crippen LogP contribution in [0.5, 0.6) is 5.75 Å². The number of hydrogen-bond donors (Lipinski definition) is 1. The number of rotatable bonds is 3. The van der Waals surface area contributed by atoms with Crippen LogP contribution in [0.1, 0.15) is 6.92 Å². The molecular formula is C12H15F3N2O3S. The molecule has 1 atom stereocenters. The zero-order chi connectivity index (χ0) is 15.7. The Morgan fingerprint density at radius 1 is 1.38 bits per heavy atom. The normalized spacial score (nSPS) is 21.2. The van der Waals surface area contributed by atoms with Gasteiger partial charge in [-0.25, -0.2) is 8.42 Å². The molecule has 0 aliphatic carbocycles. The van der Waals surface area contributed by atoms with Crippen LogP contribution in [0.3, 0.4) is 0 Å². The number of ether oxygens (including phenoxy) is 1. The first-order valence-corrected chi connectivity index (χ1v) is 7.72. The van der Waals surface area contributed by atoms with Gasteiger partial charge in [0, 0.05) is 31.7 Å². The Morgan fingerprint density at radius 3 is 2.71 bits per heavy atom. The lowest BCUT2D eigenvalue weighted by atomic mass is 10.3. The summed E-state index contributed by atoms with van der Waals surface area (Å²) < 4.78 is 66.4. The highest BCUT2D eigenvalue weighted by Gasteiger charge is 2.32. The number of halogens is 3. The quantitative estimate of drug-likeness (QED) is 0.917. The largest absolute Gasteiger partial charge is 0.573 e. The summed E-state index contributed by atoms with van der Waals surface area (Å²) in [4.78, 5) is -0.210. The number of nitrogens with one attached hydrogen (secondary N) is 1. The van der Waals surface area contributed by atoms with E-state index in [1.807, 2.05) is 6.92 Å². The lowest BCUT2D eigenvalue weighted by Gasteiger charge is -2.31. The third kappa shape index (κ3) is 4.08. The van der Waals surface area contributed by atoms with E-state index in [4.69, 9.17) is 0 Å². The first kappa shape index (κ1) is 16.1. The molecule has 0 aromatic heterocycles. The Kier molecular flexibility index (Phi) is 4.45. The van der Waals surface area contributed by atoms with Crippen LogP contribution >= 0.6 is 0 Å². The van der Waals surface area contributed by atoms with Gasteiger partial charge in [-0.15, -0.1) is 13.2 Å². The van der Waals surface area contributed by atoms with E-state index in [1.165, 1.54) is 16.4 Å². The zero-order valence-electron chi connectivity index (χ0n) is 11.2. The number of alkyl halides is 3. The second kappa shape index (κ2) is 5.82. The summed E-state index contributed by atoms with van der Waals surface area (Å²) in [5, 5.41) is 3.10. The molecule has 1 fully saturated rings. The molecule has 0 spiro atoms. The highest BCUT2D eigenvalue weighted by Crippen LogP contribution is 2.26. The molecule has 0 bridgehead atoms. The van der Waals surface area contributed by atoms with Gasteiger partial charge in [0.05, 0.1) is 4.90 Å². The van der Waals surface area contributed by atoms with Crippen molar-refractivity contribution < 1.29 is 26.3 Å². The molecule has 1 saturated heterocycles. The molecule has 1 aromatic carbocycles. The Labute approximate surface area is 120 Å². The molecule has 21 heavy (non-hydrogen) atoms. The van der Waals surface area contributed by atoms with E-state index in [-0.39, 0.29) is 24.0 Å². The van der Waals surface area contributed by atoms with Crippen LogP contribution in [-0.4, -0.2) is 44.8 Å². The first-order chi connectivity index (χ1) is 9.68. The number of piperazine rings is 1. The second-order valence-electron chi connectivity index (χ2n) is 4.74. The van der Waals surface area contributed by atoms with Gasteiger partial charge in [-0.3, -0.25) is 0 Å². The number of sulfonamides is 1. The molecule has 1 heterocycles. The van der Waals surface area contributed by atoms with Gasteiger partial charge in [0.25, 0.3) is 0 Å². The summed E-state index contributed by atoms with van der Waals surface area (Å²) >= 11 is 0. The van der Waals surface area contributed by atoms with Crippen molar-refractivity contribution in [3.63, 3.8) is 0 Å². The monoisotopic (exact) mass is 324 g/mol. The van der Waals surface area contributed by atoms with E-state index in [0.717, 1.165) is 12.1 Å². The maximum Gasteiger partial charge on any atom is 0.573 e. The van der Waals surface area contributed by atoms with Crippen LogP contribution in [0, 0.1) is 0 Å². The Bertz CT molecular complexity index is 604. The Morgan fingerprint density at radius 2 is 2.10 bits per heavy atom. The molecule has 1 aromatic rings. The lowest BCUT2D eigenvalue weighted by Crippen LogP contribution is -2.51. The molecule has 0 radical (unpaired) electrons. The topological polar surface area (TPSA) is 58.6 Å². The first-order valence-electron chi connectivity index (χ1n) is 6.28.